The summed E-state index contributed by atoms with van der Waals surface area (Å²) in [6, 6.07) is 8.22. The second-order valence-corrected chi connectivity index (χ2v) is 7.03. The number of carbonyl (C=O) groups is 1. The van der Waals surface area contributed by atoms with Crippen LogP contribution in [-0.2, 0) is 4.79 Å². The SMILES string of the molecule is Cc1cc(C)cc(N(CCC#N)C(=O)CSc2nnnn2C(C)C)c1. The van der Waals surface area contributed by atoms with Crippen LogP contribution in [0.25, 0.3) is 0 Å². The van der Waals surface area contributed by atoms with E-state index < -0.39 is 0 Å². The number of amides is 1. The molecule has 0 aliphatic heterocycles. The molecule has 8 heteroatoms. The predicted octanol–water partition coefficient (Wildman–Crippen LogP) is 2.91. The standard InChI is InChI=1S/C17H22N6OS/c1-12(2)23-17(19-20-21-23)25-11-16(24)22(7-5-6-18)15-9-13(3)8-14(4)10-15/h8-10,12H,5,7,11H2,1-4H3. The van der Waals surface area contributed by atoms with Crippen LogP contribution in [0.2, 0.25) is 0 Å². The third-order valence-electron chi connectivity index (χ3n) is 3.54. The molecule has 0 atom stereocenters. The molecular formula is C17H22N6OS. The summed E-state index contributed by atoms with van der Waals surface area (Å²) in [5.41, 5.74) is 2.99. The number of nitrogens with zero attached hydrogens (tertiary/aromatic N) is 6. The van der Waals surface area contributed by atoms with Crippen molar-refractivity contribution < 1.29 is 4.79 Å². The van der Waals surface area contributed by atoms with Gasteiger partial charge in [0.05, 0.1) is 24.3 Å². The van der Waals surface area contributed by atoms with E-state index in [1.807, 2.05) is 39.8 Å². The number of thioether (sulfide) groups is 1. The number of tetrazole rings is 1. The van der Waals surface area contributed by atoms with Crippen molar-refractivity contribution in [1.82, 2.24) is 20.2 Å². The lowest BCUT2D eigenvalue weighted by Gasteiger charge is -2.22. The molecule has 1 heterocycles. The Bertz CT molecular complexity index is 759. The van der Waals surface area contributed by atoms with Gasteiger partial charge in [0.15, 0.2) is 0 Å². The number of aryl methyl sites for hydroxylation is 2. The first-order valence-corrected chi connectivity index (χ1v) is 9.07. The first-order chi connectivity index (χ1) is 11.9. The third kappa shape index (κ3) is 5.03. The van der Waals surface area contributed by atoms with Gasteiger partial charge in [-0.3, -0.25) is 4.79 Å². The molecule has 132 valence electrons. The lowest BCUT2D eigenvalue weighted by molar-refractivity contribution is -0.116. The Morgan fingerprint density at radius 1 is 1.32 bits per heavy atom. The summed E-state index contributed by atoms with van der Waals surface area (Å²) in [6.45, 7) is 8.33. The summed E-state index contributed by atoms with van der Waals surface area (Å²) in [7, 11) is 0. The van der Waals surface area contributed by atoms with E-state index in [1.165, 1.54) is 11.8 Å². The van der Waals surface area contributed by atoms with Gasteiger partial charge in [-0.2, -0.15) is 5.26 Å². The maximum Gasteiger partial charge on any atom is 0.237 e. The lowest BCUT2D eigenvalue weighted by Crippen LogP contribution is -2.33. The van der Waals surface area contributed by atoms with Crippen molar-refractivity contribution in [2.75, 3.05) is 17.2 Å². The number of benzene rings is 1. The minimum absolute atomic E-state index is 0.0662. The molecule has 25 heavy (non-hydrogen) atoms. The maximum atomic E-state index is 12.8. The molecular weight excluding hydrogens is 336 g/mol. The first-order valence-electron chi connectivity index (χ1n) is 8.08. The van der Waals surface area contributed by atoms with Crippen LogP contribution in [0, 0.1) is 25.2 Å². The van der Waals surface area contributed by atoms with Gasteiger partial charge < -0.3 is 4.90 Å². The molecule has 1 amide bonds. The van der Waals surface area contributed by atoms with Crippen molar-refractivity contribution in [2.45, 2.75) is 45.3 Å². The number of nitriles is 1. The lowest BCUT2D eigenvalue weighted by atomic mass is 10.1. The van der Waals surface area contributed by atoms with Crippen LogP contribution in [0.4, 0.5) is 5.69 Å². The van der Waals surface area contributed by atoms with Crippen molar-refractivity contribution in [3.05, 3.63) is 29.3 Å². The fraction of sp³-hybridized carbons (Fsp3) is 0.471. The molecule has 0 aliphatic rings. The van der Waals surface area contributed by atoms with E-state index in [9.17, 15) is 4.79 Å². The predicted molar refractivity (Wildman–Crippen MR) is 97.4 cm³/mol. The molecule has 2 rings (SSSR count). The number of hydrogen-bond donors (Lipinski definition) is 0. The second-order valence-electron chi connectivity index (χ2n) is 6.09. The summed E-state index contributed by atoms with van der Waals surface area (Å²) >= 11 is 1.31. The fourth-order valence-corrected chi connectivity index (χ4v) is 3.36. The van der Waals surface area contributed by atoms with E-state index in [4.69, 9.17) is 5.26 Å². The van der Waals surface area contributed by atoms with Gasteiger partial charge in [0.1, 0.15) is 0 Å². The largest absolute Gasteiger partial charge is 0.311 e. The number of aromatic nitrogens is 4. The summed E-state index contributed by atoms with van der Waals surface area (Å²) in [4.78, 5) is 14.4. The molecule has 0 spiro atoms. The zero-order valence-electron chi connectivity index (χ0n) is 14.9. The average Bonchev–Trinajstić information content (AvgIpc) is 3.01. The molecule has 0 aliphatic carbocycles. The van der Waals surface area contributed by atoms with Gasteiger partial charge in [0.2, 0.25) is 11.1 Å². The minimum atomic E-state index is -0.0662. The number of hydrogen-bond acceptors (Lipinski definition) is 6. The quantitative estimate of drug-likeness (QED) is 0.707. The van der Waals surface area contributed by atoms with E-state index >= 15 is 0 Å². The second kappa shape index (κ2) is 8.62. The Morgan fingerprint density at radius 2 is 2.00 bits per heavy atom. The first kappa shape index (κ1) is 18.9. The Hall–Kier alpha value is -2.40. The van der Waals surface area contributed by atoms with Crippen LogP contribution < -0.4 is 4.90 Å². The highest BCUT2D eigenvalue weighted by atomic mass is 32.2. The van der Waals surface area contributed by atoms with Gasteiger partial charge in [-0.05, 0) is 61.4 Å². The molecule has 7 nitrogen and oxygen atoms in total. The van der Waals surface area contributed by atoms with Crippen molar-refractivity contribution in [3.63, 3.8) is 0 Å². The Labute approximate surface area is 152 Å². The van der Waals surface area contributed by atoms with Gasteiger partial charge >= 0.3 is 0 Å². The van der Waals surface area contributed by atoms with Crippen LogP contribution in [0.15, 0.2) is 23.4 Å². The van der Waals surface area contributed by atoms with E-state index in [1.54, 1.807) is 9.58 Å². The van der Waals surface area contributed by atoms with Gasteiger partial charge in [-0.1, -0.05) is 17.8 Å². The molecule has 0 fully saturated rings. The summed E-state index contributed by atoms with van der Waals surface area (Å²) in [6.07, 6.45) is 0.285. The highest BCUT2D eigenvalue weighted by molar-refractivity contribution is 7.99. The summed E-state index contributed by atoms with van der Waals surface area (Å²) in [5, 5.41) is 21.1. The topological polar surface area (TPSA) is 87.7 Å². The van der Waals surface area contributed by atoms with Crippen molar-refractivity contribution in [2.24, 2.45) is 0 Å². The number of anilines is 1. The maximum absolute atomic E-state index is 12.8. The van der Waals surface area contributed by atoms with Crippen molar-refractivity contribution >= 4 is 23.4 Å². The molecule has 1 aromatic heterocycles. The molecule has 0 bridgehead atoms. The summed E-state index contributed by atoms with van der Waals surface area (Å²) in [5.74, 6) is 0.148. The van der Waals surface area contributed by atoms with Gasteiger partial charge in [0, 0.05) is 12.2 Å². The van der Waals surface area contributed by atoms with Crippen molar-refractivity contribution in [3.8, 4) is 6.07 Å². The highest BCUT2D eigenvalue weighted by Gasteiger charge is 2.19. The zero-order valence-corrected chi connectivity index (χ0v) is 15.7. The van der Waals surface area contributed by atoms with E-state index in [-0.39, 0.29) is 24.1 Å². The molecule has 0 unspecified atom stereocenters. The van der Waals surface area contributed by atoms with E-state index in [2.05, 4.69) is 27.7 Å². The molecule has 0 N–H and O–H groups in total. The Kier molecular flexibility index (Phi) is 6.53. The van der Waals surface area contributed by atoms with Crippen LogP contribution in [0.1, 0.15) is 37.4 Å². The molecule has 0 saturated carbocycles. The molecule has 0 radical (unpaired) electrons. The van der Waals surface area contributed by atoms with Crippen LogP contribution in [0.5, 0.6) is 0 Å². The summed E-state index contributed by atoms with van der Waals surface area (Å²) < 4.78 is 1.69. The minimum Gasteiger partial charge on any atom is -0.311 e. The van der Waals surface area contributed by atoms with E-state index in [0.717, 1.165) is 16.8 Å². The van der Waals surface area contributed by atoms with Gasteiger partial charge in [0.25, 0.3) is 0 Å². The Morgan fingerprint density at radius 3 is 2.60 bits per heavy atom. The van der Waals surface area contributed by atoms with Crippen LogP contribution in [0.3, 0.4) is 0 Å². The molecule has 2 aromatic rings. The average molecular weight is 358 g/mol. The van der Waals surface area contributed by atoms with Crippen molar-refractivity contribution in [1.29, 1.82) is 5.26 Å². The number of rotatable bonds is 7. The van der Waals surface area contributed by atoms with Gasteiger partial charge in [-0.25, -0.2) is 4.68 Å². The zero-order chi connectivity index (χ0) is 18.4. The third-order valence-corrected chi connectivity index (χ3v) is 4.46. The van der Waals surface area contributed by atoms with Gasteiger partial charge in [-0.15, -0.1) is 5.10 Å². The monoisotopic (exact) mass is 358 g/mol. The number of carbonyl (C=O) groups excluding carboxylic acids is 1. The fourth-order valence-electron chi connectivity index (χ4n) is 2.47. The normalized spacial score (nSPS) is 10.7. The Balaban J connectivity index is 2.15. The van der Waals surface area contributed by atoms with Crippen LogP contribution in [-0.4, -0.2) is 38.4 Å². The highest BCUT2D eigenvalue weighted by Crippen LogP contribution is 2.22. The molecule has 1 aromatic carbocycles. The smallest absolute Gasteiger partial charge is 0.237 e. The van der Waals surface area contributed by atoms with Crippen LogP contribution >= 0.6 is 11.8 Å². The van der Waals surface area contributed by atoms with E-state index in [0.29, 0.717) is 11.7 Å². The molecule has 0 saturated heterocycles.